The van der Waals surface area contributed by atoms with E-state index >= 15 is 0 Å². The van der Waals surface area contributed by atoms with Gasteiger partial charge in [-0.25, -0.2) is 0 Å². The summed E-state index contributed by atoms with van der Waals surface area (Å²) in [7, 11) is 2.22. The molecule has 2 rings (SSSR count). The van der Waals surface area contributed by atoms with E-state index in [1.54, 1.807) is 30.5 Å². The number of hydrogen-bond donors (Lipinski definition) is 0. The van der Waals surface area contributed by atoms with Crippen LogP contribution in [0.3, 0.4) is 0 Å². The standard InChI is InChI=1S/C14H19N.W/c1-9-10(2)12(4)14-8-15(5)7-6-13(14)11(9)3;/h6-7H2,1-5H3;. The SMILES string of the molecule is Cc1c(C)c(C)c2c(c1C)CCN(C)[C]2=[W]. The van der Waals surface area contributed by atoms with Crippen LogP contribution in [0.15, 0.2) is 0 Å². The van der Waals surface area contributed by atoms with Gasteiger partial charge in [0, 0.05) is 0 Å². The summed E-state index contributed by atoms with van der Waals surface area (Å²) in [6.45, 7) is 10.3. The molecule has 1 nitrogen and oxygen atoms in total. The second-order valence-corrected chi connectivity index (χ2v) is 6.22. The Labute approximate surface area is 109 Å². The predicted molar refractivity (Wildman–Crippen MR) is 65.8 cm³/mol. The zero-order chi connectivity index (χ0) is 12.0. The van der Waals surface area contributed by atoms with E-state index in [4.69, 9.17) is 0 Å². The van der Waals surface area contributed by atoms with E-state index in [2.05, 4.69) is 39.6 Å². The van der Waals surface area contributed by atoms with E-state index in [0.717, 1.165) is 0 Å². The Morgan fingerprint density at radius 3 is 2.12 bits per heavy atom. The molecule has 0 aromatic heterocycles. The van der Waals surface area contributed by atoms with Crippen molar-refractivity contribution in [2.75, 3.05) is 13.6 Å². The quantitative estimate of drug-likeness (QED) is 0.664. The molecule has 0 fully saturated rings. The van der Waals surface area contributed by atoms with E-state index in [9.17, 15) is 0 Å². The number of fused-ring (bicyclic) bond motifs is 1. The van der Waals surface area contributed by atoms with Gasteiger partial charge in [0.25, 0.3) is 0 Å². The van der Waals surface area contributed by atoms with Crippen LogP contribution in [-0.4, -0.2) is 22.5 Å². The Bertz CT molecular complexity index is 474. The first-order chi connectivity index (χ1) is 7.45. The third-order valence-corrected chi connectivity index (χ3v) is 5.93. The molecule has 1 aromatic rings. The molecule has 1 aliphatic heterocycles. The van der Waals surface area contributed by atoms with Crippen molar-refractivity contribution in [1.29, 1.82) is 0 Å². The number of rotatable bonds is 0. The van der Waals surface area contributed by atoms with E-state index < -0.39 is 0 Å². The van der Waals surface area contributed by atoms with Crippen LogP contribution in [0.4, 0.5) is 0 Å². The first kappa shape index (κ1) is 12.2. The van der Waals surface area contributed by atoms with Crippen LogP contribution in [0, 0.1) is 27.7 Å². The monoisotopic (exact) mass is 385 g/mol. The topological polar surface area (TPSA) is 3.24 Å². The molecule has 1 aromatic carbocycles. The molecule has 0 radical (unpaired) electrons. The molecule has 1 heterocycles. The fraction of sp³-hybridized carbons (Fsp3) is 0.500. The molecule has 0 N–H and O–H groups in total. The Morgan fingerprint density at radius 1 is 0.938 bits per heavy atom. The molecule has 0 spiro atoms. The van der Waals surface area contributed by atoms with Crippen molar-refractivity contribution in [3.8, 4) is 0 Å². The maximum absolute atomic E-state index is 2.42. The zero-order valence-corrected chi connectivity index (χ0v) is 13.7. The van der Waals surface area contributed by atoms with Gasteiger partial charge < -0.3 is 0 Å². The fourth-order valence-corrected chi connectivity index (χ4v) is 3.88. The molecule has 0 unspecified atom stereocenters. The van der Waals surface area contributed by atoms with Gasteiger partial charge in [0.15, 0.2) is 0 Å². The van der Waals surface area contributed by atoms with Crippen LogP contribution < -0.4 is 0 Å². The van der Waals surface area contributed by atoms with Crippen molar-refractivity contribution in [3.05, 3.63) is 33.4 Å². The number of hydrogen-bond acceptors (Lipinski definition) is 1. The average Bonchev–Trinajstić information content (AvgIpc) is 2.27. The van der Waals surface area contributed by atoms with Crippen LogP contribution in [-0.2, 0) is 25.8 Å². The van der Waals surface area contributed by atoms with Crippen LogP contribution in [0.5, 0.6) is 0 Å². The summed E-state index contributed by atoms with van der Waals surface area (Å²) < 4.78 is 1.52. The Balaban J connectivity index is 2.77. The Kier molecular flexibility index (Phi) is 3.20. The molecule has 2 heteroatoms. The van der Waals surface area contributed by atoms with Gasteiger partial charge in [-0.05, 0) is 0 Å². The van der Waals surface area contributed by atoms with Gasteiger partial charge in [0.2, 0.25) is 0 Å². The fourth-order valence-electron chi connectivity index (χ4n) is 2.56. The van der Waals surface area contributed by atoms with Gasteiger partial charge in [-0.1, -0.05) is 0 Å². The van der Waals surface area contributed by atoms with Crippen molar-refractivity contribution < 1.29 is 19.4 Å². The van der Waals surface area contributed by atoms with Crippen molar-refractivity contribution in [2.45, 2.75) is 34.1 Å². The molecular weight excluding hydrogens is 366 g/mol. The molecule has 0 aliphatic carbocycles. The van der Waals surface area contributed by atoms with E-state index in [1.807, 2.05) is 0 Å². The molecule has 0 atom stereocenters. The second kappa shape index (κ2) is 4.20. The van der Waals surface area contributed by atoms with E-state index in [0.29, 0.717) is 0 Å². The van der Waals surface area contributed by atoms with Gasteiger partial charge >= 0.3 is 109 Å². The maximum atomic E-state index is 2.42. The summed E-state index contributed by atoms with van der Waals surface area (Å²) in [6.07, 6.45) is 1.20. The number of benzene rings is 1. The zero-order valence-electron chi connectivity index (χ0n) is 10.8. The van der Waals surface area contributed by atoms with Crippen LogP contribution in [0.2, 0.25) is 0 Å². The average molecular weight is 385 g/mol. The summed E-state index contributed by atoms with van der Waals surface area (Å²) >= 11 is 1.59. The predicted octanol–water partition coefficient (Wildman–Crippen LogP) is 2.43. The van der Waals surface area contributed by atoms with Gasteiger partial charge in [-0.3, -0.25) is 0 Å². The normalized spacial score (nSPS) is 16.4. The van der Waals surface area contributed by atoms with Crippen molar-refractivity contribution >= 4 is 4.02 Å². The number of likely N-dealkylation sites (N-methyl/N-ethyl adjacent to an activating group) is 1. The molecular formula is C14H19NW. The van der Waals surface area contributed by atoms with Crippen molar-refractivity contribution in [2.24, 2.45) is 0 Å². The summed E-state index contributed by atoms with van der Waals surface area (Å²) in [5.41, 5.74) is 9.13. The summed E-state index contributed by atoms with van der Waals surface area (Å²) in [5.74, 6) is 0. The van der Waals surface area contributed by atoms with Crippen molar-refractivity contribution in [1.82, 2.24) is 4.90 Å². The number of nitrogens with zero attached hydrogens (tertiary/aromatic N) is 1. The van der Waals surface area contributed by atoms with Gasteiger partial charge in [-0.15, -0.1) is 0 Å². The first-order valence-electron chi connectivity index (χ1n) is 5.79. The van der Waals surface area contributed by atoms with Gasteiger partial charge in [0.1, 0.15) is 0 Å². The minimum absolute atomic E-state index is 1.18. The van der Waals surface area contributed by atoms with Gasteiger partial charge in [-0.2, -0.15) is 0 Å². The van der Waals surface area contributed by atoms with Gasteiger partial charge in [0.05, 0.1) is 0 Å². The molecule has 1 aliphatic rings. The van der Waals surface area contributed by atoms with Crippen LogP contribution in [0.1, 0.15) is 33.4 Å². The second-order valence-electron chi connectivity index (χ2n) is 4.83. The summed E-state index contributed by atoms with van der Waals surface area (Å²) in [5, 5.41) is 0. The van der Waals surface area contributed by atoms with Crippen molar-refractivity contribution in [3.63, 3.8) is 0 Å². The molecule has 16 heavy (non-hydrogen) atoms. The summed E-state index contributed by atoms with van der Waals surface area (Å²) in [6, 6.07) is 0. The van der Waals surface area contributed by atoms with Crippen LogP contribution in [0.25, 0.3) is 0 Å². The summed E-state index contributed by atoms with van der Waals surface area (Å²) in [4.78, 5) is 2.42. The Hall–Kier alpha value is -0.262. The first-order valence-corrected chi connectivity index (χ1v) is 7.26. The molecule has 0 saturated carbocycles. The van der Waals surface area contributed by atoms with Crippen LogP contribution >= 0.6 is 0 Å². The molecule has 0 amide bonds. The van der Waals surface area contributed by atoms with E-state index in [1.165, 1.54) is 39.2 Å². The van der Waals surface area contributed by atoms with E-state index in [-0.39, 0.29) is 0 Å². The molecule has 0 bridgehead atoms. The third-order valence-electron chi connectivity index (χ3n) is 4.07. The minimum atomic E-state index is 1.18. The molecule has 86 valence electrons. The third kappa shape index (κ3) is 1.65. The molecule has 0 saturated heterocycles. The Morgan fingerprint density at radius 2 is 1.50 bits per heavy atom.